The number of rotatable bonds is 11. The average molecular weight is 677 g/mol. The fourth-order valence-corrected chi connectivity index (χ4v) is 9.31. The number of nitrogens with zero attached hydrogens (tertiary/aromatic N) is 1. The van der Waals surface area contributed by atoms with Crippen molar-refractivity contribution in [3.05, 3.63) is 131 Å². The van der Waals surface area contributed by atoms with Crippen molar-refractivity contribution >= 4 is 27.2 Å². The van der Waals surface area contributed by atoms with Gasteiger partial charge in [0, 0.05) is 25.6 Å². The second kappa shape index (κ2) is 12.9. The van der Waals surface area contributed by atoms with Crippen LogP contribution in [0.5, 0.6) is 0 Å². The molecule has 1 spiro atoms. The van der Waals surface area contributed by atoms with Crippen LogP contribution in [0.3, 0.4) is 0 Å². The lowest BCUT2D eigenvalue weighted by molar-refractivity contribution is -0.171. The topological polar surface area (TPSA) is 115 Å². The normalized spacial score (nSPS) is 23.5. The second-order valence-electron chi connectivity index (χ2n) is 13.9. The van der Waals surface area contributed by atoms with Gasteiger partial charge in [0.2, 0.25) is 0 Å². The summed E-state index contributed by atoms with van der Waals surface area (Å²) in [5.74, 6) is -0.764. The molecule has 3 aromatic carbocycles. The fourth-order valence-electron chi connectivity index (χ4n) is 7.38. The van der Waals surface area contributed by atoms with Gasteiger partial charge in [0.25, 0.3) is 0 Å². The maximum absolute atomic E-state index is 13.4. The molecule has 0 radical (unpaired) electrons. The molecule has 252 valence electrons. The summed E-state index contributed by atoms with van der Waals surface area (Å²) in [4.78, 5) is 16.2. The third kappa shape index (κ3) is 6.67. The maximum atomic E-state index is 13.4. The molecule has 0 amide bonds. The number of hydrogen-bond acceptors (Lipinski definition) is 7. The molecule has 8 nitrogen and oxygen atoms in total. The van der Waals surface area contributed by atoms with E-state index < -0.39 is 21.6 Å². The molecule has 3 saturated carbocycles. The lowest BCUT2D eigenvalue weighted by atomic mass is 9.96. The van der Waals surface area contributed by atoms with E-state index in [9.17, 15) is 18.3 Å². The predicted octanol–water partition coefficient (Wildman–Crippen LogP) is 8.11. The van der Waals surface area contributed by atoms with Crippen molar-refractivity contribution in [1.29, 1.82) is 0 Å². The molecule has 8 rings (SSSR count). The Morgan fingerprint density at radius 2 is 1.51 bits per heavy atom. The van der Waals surface area contributed by atoms with Crippen molar-refractivity contribution in [1.82, 2.24) is 4.98 Å². The van der Waals surface area contributed by atoms with Gasteiger partial charge in [0.1, 0.15) is 18.0 Å². The summed E-state index contributed by atoms with van der Waals surface area (Å²) < 4.78 is 40.6. The Morgan fingerprint density at radius 1 is 0.857 bits per heavy atom. The minimum atomic E-state index is -3.33. The molecule has 4 aromatic rings. The van der Waals surface area contributed by atoms with Gasteiger partial charge in [-0.3, -0.25) is 0 Å². The van der Waals surface area contributed by atoms with E-state index in [1.54, 1.807) is 6.07 Å². The number of ether oxygens (including phenoxy) is 2. The summed E-state index contributed by atoms with van der Waals surface area (Å²) in [6.07, 6.45) is 8.97. The van der Waals surface area contributed by atoms with Crippen molar-refractivity contribution in [3.8, 4) is 0 Å². The first-order valence-electron chi connectivity index (χ1n) is 17.3. The monoisotopic (exact) mass is 676 g/mol. The van der Waals surface area contributed by atoms with Crippen molar-refractivity contribution in [2.24, 2.45) is 5.92 Å². The number of sulfone groups is 1. The van der Waals surface area contributed by atoms with E-state index in [1.807, 2.05) is 48.5 Å². The number of anilines is 1. The standard InChI is InChI=1S/C40H40N2O6S/c43-39(44)31-14-18-36(41-24-31)42-25-32(30-13-17-35(34(22-30)27-11-12-27)49(45,46)33-15-16-33)21-26-19-20-40(23-26)47-37(28-7-3-1-4-8-28)38(48-40)29-9-5-2-6-10-29/h1-10,13-14,17-18,21-22,24,26-27,33,37-38H,11-12,15-16,19-20,23,25H2,(H,41,42)(H,43,44)/b32-21-/t26-,37-,38-/m1/s1. The van der Waals surface area contributed by atoms with E-state index in [2.05, 4.69) is 46.7 Å². The van der Waals surface area contributed by atoms with Crippen LogP contribution in [0.4, 0.5) is 5.82 Å². The lowest BCUT2D eigenvalue weighted by Gasteiger charge is -2.23. The number of allylic oxidation sites excluding steroid dienone is 1. The Hall–Kier alpha value is -4.31. The van der Waals surface area contributed by atoms with Crippen molar-refractivity contribution < 1.29 is 27.8 Å². The Morgan fingerprint density at radius 3 is 2.08 bits per heavy atom. The minimum Gasteiger partial charge on any atom is -0.478 e. The van der Waals surface area contributed by atoms with E-state index in [-0.39, 0.29) is 34.9 Å². The van der Waals surface area contributed by atoms with Crippen LogP contribution in [-0.2, 0) is 19.3 Å². The van der Waals surface area contributed by atoms with Crippen LogP contribution in [0.2, 0.25) is 0 Å². The van der Waals surface area contributed by atoms with Crippen LogP contribution >= 0.6 is 0 Å². The summed E-state index contributed by atoms with van der Waals surface area (Å²) in [6.45, 7) is 0.433. The first kappa shape index (κ1) is 31.9. The zero-order valence-electron chi connectivity index (χ0n) is 27.2. The quantitative estimate of drug-likeness (QED) is 0.164. The minimum absolute atomic E-state index is 0.123. The molecular formula is C40H40N2O6S. The smallest absolute Gasteiger partial charge is 0.337 e. The largest absolute Gasteiger partial charge is 0.478 e. The van der Waals surface area contributed by atoms with Gasteiger partial charge in [0.15, 0.2) is 15.6 Å². The van der Waals surface area contributed by atoms with Crippen LogP contribution in [0, 0.1) is 5.92 Å². The Bertz CT molecular complexity index is 1920. The highest BCUT2D eigenvalue weighted by molar-refractivity contribution is 7.92. The summed E-state index contributed by atoms with van der Waals surface area (Å²) in [7, 11) is -3.33. The molecule has 0 bridgehead atoms. The van der Waals surface area contributed by atoms with E-state index in [1.165, 1.54) is 12.3 Å². The molecule has 9 heteroatoms. The number of aromatic carboxylic acids is 1. The summed E-state index contributed by atoms with van der Waals surface area (Å²) >= 11 is 0. The Labute approximate surface area is 287 Å². The van der Waals surface area contributed by atoms with Gasteiger partial charge in [-0.05, 0) is 96.0 Å². The van der Waals surface area contributed by atoms with Gasteiger partial charge in [-0.15, -0.1) is 0 Å². The van der Waals surface area contributed by atoms with Crippen molar-refractivity contribution in [2.45, 2.75) is 79.0 Å². The van der Waals surface area contributed by atoms with Crippen molar-refractivity contribution in [3.63, 3.8) is 0 Å². The highest BCUT2D eigenvalue weighted by atomic mass is 32.2. The predicted molar refractivity (Wildman–Crippen MR) is 187 cm³/mol. The SMILES string of the molecule is O=C(O)c1ccc(NC/C(=C/[C@H]2CCC3(C2)O[C@H](c2ccccc2)[C@@H](c2ccccc2)O3)c2ccc(S(=O)(=O)C3CC3)c(C3CC3)c2)nc1. The Balaban J connectivity index is 1.10. The van der Waals surface area contributed by atoms with Gasteiger partial charge in [-0.25, -0.2) is 18.2 Å². The summed E-state index contributed by atoms with van der Waals surface area (Å²) in [5, 5.41) is 12.4. The summed E-state index contributed by atoms with van der Waals surface area (Å²) in [6, 6.07) is 29.6. The molecule has 3 aliphatic carbocycles. The second-order valence-corrected chi connectivity index (χ2v) is 16.1. The van der Waals surface area contributed by atoms with E-state index in [0.717, 1.165) is 66.4 Å². The van der Waals surface area contributed by atoms with Crippen LogP contribution in [0.25, 0.3) is 5.57 Å². The number of hydrogen-bond donors (Lipinski definition) is 2. The van der Waals surface area contributed by atoms with Gasteiger partial charge in [0.05, 0.1) is 15.7 Å². The van der Waals surface area contributed by atoms with Gasteiger partial charge >= 0.3 is 5.97 Å². The molecule has 4 aliphatic rings. The zero-order valence-corrected chi connectivity index (χ0v) is 28.0. The molecule has 4 fully saturated rings. The van der Waals surface area contributed by atoms with Gasteiger partial charge < -0.3 is 19.9 Å². The third-order valence-electron chi connectivity index (χ3n) is 10.3. The summed E-state index contributed by atoms with van der Waals surface area (Å²) in [5.41, 5.74) is 5.24. The number of carboxylic acids is 1. The van der Waals surface area contributed by atoms with Gasteiger partial charge in [-0.1, -0.05) is 72.8 Å². The number of pyridine rings is 1. The number of nitrogens with one attached hydrogen (secondary N) is 1. The Kier molecular flexibility index (Phi) is 8.38. The van der Waals surface area contributed by atoms with Crippen molar-refractivity contribution in [2.75, 3.05) is 11.9 Å². The highest BCUT2D eigenvalue weighted by Crippen LogP contribution is 2.55. The average Bonchev–Trinajstić information content (AvgIpc) is 4.07. The zero-order chi connectivity index (χ0) is 33.6. The molecule has 1 saturated heterocycles. The molecule has 1 aliphatic heterocycles. The van der Waals surface area contributed by atoms with E-state index >= 15 is 0 Å². The number of carbonyl (C=O) groups is 1. The van der Waals surface area contributed by atoms with E-state index in [4.69, 9.17) is 9.47 Å². The molecule has 2 heterocycles. The maximum Gasteiger partial charge on any atom is 0.337 e. The molecule has 3 atom stereocenters. The molecule has 0 unspecified atom stereocenters. The third-order valence-corrected chi connectivity index (χ3v) is 12.6. The number of aromatic nitrogens is 1. The van der Waals surface area contributed by atoms with Crippen LogP contribution in [0.15, 0.2) is 108 Å². The highest BCUT2D eigenvalue weighted by Gasteiger charge is 2.52. The van der Waals surface area contributed by atoms with Crippen LogP contribution in [0.1, 0.15) is 95.7 Å². The molecule has 2 N–H and O–H groups in total. The molecular weight excluding hydrogens is 637 g/mol. The van der Waals surface area contributed by atoms with Gasteiger partial charge in [-0.2, -0.15) is 0 Å². The van der Waals surface area contributed by atoms with Crippen LogP contribution < -0.4 is 5.32 Å². The number of benzene rings is 3. The van der Waals surface area contributed by atoms with Crippen LogP contribution in [-0.4, -0.2) is 42.1 Å². The number of carboxylic acid groups (broad SMARTS) is 1. The molecule has 49 heavy (non-hydrogen) atoms. The fraction of sp³-hybridized carbons (Fsp3) is 0.350. The molecule has 1 aromatic heterocycles. The van der Waals surface area contributed by atoms with E-state index in [0.29, 0.717) is 23.7 Å². The first-order valence-corrected chi connectivity index (χ1v) is 18.8. The first-order chi connectivity index (χ1) is 23.8. The lowest BCUT2D eigenvalue weighted by Crippen LogP contribution is -2.26.